The van der Waals surface area contributed by atoms with Gasteiger partial charge in [0.25, 0.3) is 0 Å². The Kier molecular flexibility index (Phi) is 2.99. The van der Waals surface area contributed by atoms with E-state index >= 15 is 0 Å². The summed E-state index contributed by atoms with van der Waals surface area (Å²) < 4.78 is 0. The second kappa shape index (κ2) is 4.67. The van der Waals surface area contributed by atoms with Crippen molar-refractivity contribution < 1.29 is 10.2 Å². The summed E-state index contributed by atoms with van der Waals surface area (Å²) in [6.07, 6.45) is 1.94. The fraction of sp³-hybridized carbons (Fsp3) is 0.200. The number of phenols is 2. The molecule has 2 aromatic carbocycles. The first-order chi connectivity index (χ1) is 9.13. The van der Waals surface area contributed by atoms with Crippen molar-refractivity contribution in [2.75, 3.05) is 5.32 Å². The van der Waals surface area contributed by atoms with Gasteiger partial charge in [0, 0.05) is 5.69 Å². The maximum Gasteiger partial charge on any atom is 0.134 e. The summed E-state index contributed by atoms with van der Waals surface area (Å²) in [7, 11) is 0. The molecule has 1 aliphatic carbocycles. The quantitative estimate of drug-likeness (QED) is 0.730. The van der Waals surface area contributed by atoms with E-state index in [2.05, 4.69) is 5.32 Å². The van der Waals surface area contributed by atoms with Gasteiger partial charge < -0.3 is 15.5 Å². The summed E-state index contributed by atoms with van der Waals surface area (Å²) in [5.74, 6) is 0.399. The van der Waals surface area contributed by atoms with Crippen molar-refractivity contribution in [3.8, 4) is 11.5 Å². The molecule has 0 fully saturated rings. The smallest absolute Gasteiger partial charge is 0.134 e. The van der Waals surface area contributed by atoms with E-state index in [1.165, 1.54) is 11.1 Å². The Morgan fingerprint density at radius 3 is 2.74 bits per heavy atom. The first-order valence-corrected chi connectivity index (χ1v) is 6.58. The Labute approximate surface area is 116 Å². The number of hydrogen-bond donors (Lipinski definition) is 3. The van der Waals surface area contributed by atoms with Crippen LogP contribution in [0, 0.1) is 0 Å². The summed E-state index contributed by atoms with van der Waals surface area (Å²) >= 11 is 5.90. The monoisotopic (exact) mass is 275 g/mol. The molecule has 0 aliphatic heterocycles. The van der Waals surface area contributed by atoms with Gasteiger partial charge in [-0.1, -0.05) is 17.7 Å². The van der Waals surface area contributed by atoms with Crippen LogP contribution in [0.25, 0.3) is 0 Å². The number of halogens is 1. The Hall–Kier alpha value is -1.87. The van der Waals surface area contributed by atoms with E-state index in [-0.39, 0.29) is 11.8 Å². The normalized spacial score (nSPS) is 17.2. The summed E-state index contributed by atoms with van der Waals surface area (Å²) in [5, 5.41) is 22.6. The molecule has 0 heterocycles. The summed E-state index contributed by atoms with van der Waals surface area (Å²) in [4.78, 5) is 0. The zero-order valence-corrected chi connectivity index (χ0v) is 11.0. The van der Waals surface area contributed by atoms with Crippen LogP contribution < -0.4 is 5.32 Å². The van der Waals surface area contributed by atoms with Gasteiger partial charge in [-0.15, -0.1) is 0 Å². The molecule has 19 heavy (non-hydrogen) atoms. The van der Waals surface area contributed by atoms with E-state index < -0.39 is 0 Å². The molecule has 3 rings (SSSR count). The van der Waals surface area contributed by atoms with Gasteiger partial charge in [-0.2, -0.15) is 0 Å². The molecule has 3 N–H and O–H groups in total. The second-order valence-electron chi connectivity index (χ2n) is 4.78. The Bertz CT molecular complexity index is 628. The number of rotatable bonds is 2. The van der Waals surface area contributed by atoms with Crippen LogP contribution in [-0.2, 0) is 6.42 Å². The lowest BCUT2D eigenvalue weighted by Gasteiger charge is -2.16. The third kappa shape index (κ3) is 2.34. The van der Waals surface area contributed by atoms with Crippen molar-refractivity contribution in [2.24, 2.45) is 0 Å². The number of nitrogens with one attached hydrogen (secondary N) is 1. The van der Waals surface area contributed by atoms with Crippen LogP contribution in [0.2, 0.25) is 5.02 Å². The van der Waals surface area contributed by atoms with E-state index in [0.717, 1.165) is 18.5 Å². The molecule has 0 saturated heterocycles. The van der Waals surface area contributed by atoms with Gasteiger partial charge in [-0.3, -0.25) is 0 Å². The minimum atomic E-state index is 0.0870. The molecule has 1 atom stereocenters. The standard InChI is InChI=1S/C15H14ClNO2/c16-13-8-10(2-6-15(13)19)17-14-5-1-9-7-11(18)3-4-12(9)14/h2-4,6-8,14,17-19H,1,5H2. The maximum atomic E-state index is 9.47. The molecule has 2 aromatic rings. The molecular formula is C15H14ClNO2. The Balaban J connectivity index is 1.84. The first-order valence-electron chi connectivity index (χ1n) is 6.20. The van der Waals surface area contributed by atoms with Gasteiger partial charge in [-0.25, -0.2) is 0 Å². The molecule has 0 bridgehead atoms. The van der Waals surface area contributed by atoms with Crippen LogP contribution in [0.5, 0.6) is 11.5 Å². The molecule has 4 heteroatoms. The van der Waals surface area contributed by atoms with E-state index in [0.29, 0.717) is 10.8 Å². The number of aromatic hydroxyl groups is 2. The van der Waals surface area contributed by atoms with E-state index in [1.807, 2.05) is 12.1 Å². The van der Waals surface area contributed by atoms with Gasteiger partial charge in [-0.05, 0) is 54.3 Å². The lowest BCUT2D eigenvalue weighted by atomic mass is 10.1. The highest BCUT2D eigenvalue weighted by Gasteiger charge is 2.22. The van der Waals surface area contributed by atoms with Crippen LogP contribution >= 0.6 is 11.6 Å². The van der Waals surface area contributed by atoms with E-state index in [1.54, 1.807) is 24.3 Å². The molecule has 1 aliphatic rings. The summed E-state index contributed by atoms with van der Waals surface area (Å²) in [6.45, 7) is 0. The number of phenolic OH excluding ortho intramolecular Hbond substituents is 2. The molecule has 0 aromatic heterocycles. The SMILES string of the molecule is Oc1ccc2c(c1)CCC2Nc1ccc(O)c(Cl)c1. The van der Waals surface area contributed by atoms with Gasteiger partial charge in [0.15, 0.2) is 0 Å². The average Bonchev–Trinajstić information content (AvgIpc) is 2.76. The van der Waals surface area contributed by atoms with E-state index in [4.69, 9.17) is 11.6 Å². The van der Waals surface area contributed by atoms with Crippen molar-refractivity contribution >= 4 is 17.3 Å². The van der Waals surface area contributed by atoms with Gasteiger partial charge in [0.1, 0.15) is 11.5 Å². The lowest BCUT2D eigenvalue weighted by molar-refractivity contribution is 0.474. The van der Waals surface area contributed by atoms with Crippen LogP contribution in [-0.4, -0.2) is 10.2 Å². The van der Waals surface area contributed by atoms with Crippen molar-refractivity contribution in [1.29, 1.82) is 0 Å². The van der Waals surface area contributed by atoms with Crippen LogP contribution in [0.3, 0.4) is 0 Å². The van der Waals surface area contributed by atoms with Gasteiger partial charge in [0.2, 0.25) is 0 Å². The number of fused-ring (bicyclic) bond motifs is 1. The minimum Gasteiger partial charge on any atom is -0.508 e. The van der Waals surface area contributed by atoms with Crippen molar-refractivity contribution in [1.82, 2.24) is 0 Å². The summed E-state index contributed by atoms with van der Waals surface area (Å²) in [6, 6.07) is 10.8. The topological polar surface area (TPSA) is 52.5 Å². The molecule has 0 amide bonds. The fourth-order valence-corrected chi connectivity index (χ4v) is 2.73. The van der Waals surface area contributed by atoms with Gasteiger partial charge in [0.05, 0.1) is 11.1 Å². The molecule has 3 nitrogen and oxygen atoms in total. The van der Waals surface area contributed by atoms with Gasteiger partial charge >= 0.3 is 0 Å². The minimum absolute atomic E-state index is 0.0870. The third-order valence-corrected chi connectivity index (χ3v) is 3.80. The molecule has 0 spiro atoms. The molecule has 0 radical (unpaired) electrons. The van der Waals surface area contributed by atoms with Crippen molar-refractivity contribution in [3.05, 3.63) is 52.5 Å². The largest absolute Gasteiger partial charge is 0.508 e. The highest BCUT2D eigenvalue weighted by atomic mass is 35.5. The molecule has 1 unspecified atom stereocenters. The highest BCUT2D eigenvalue weighted by molar-refractivity contribution is 6.32. The molecule has 98 valence electrons. The third-order valence-electron chi connectivity index (χ3n) is 3.49. The second-order valence-corrected chi connectivity index (χ2v) is 5.19. The zero-order chi connectivity index (χ0) is 13.4. The first kappa shape index (κ1) is 12.2. The lowest BCUT2D eigenvalue weighted by Crippen LogP contribution is -2.06. The van der Waals surface area contributed by atoms with Crippen LogP contribution in [0.15, 0.2) is 36.4 Å². The predicted molar refractivity (Wildman–Crippen MR) is 75.9 cm³/mol. The van der Waals surface area contributed by atoms with Crippen LogP contribution in [0.4, 0.5) is 5.69 Å². The fourth-order valence-electron chi connectivity index (χ4n) is 2.55. The maximum absolute atomic E-state index is 9.47. The van der Waals surface area contributed by atoms with Crippen molar-refractivity contribution in [2.45, 2.75) is 18.9 Å². The predicted octanol–water partition coefficient (Wildman–Crippen LogP) is 3.85. The number of aryl methyl sites for hydroxylation is 1. The average molecular weight is 276 g/mol. The number of anilines is 1. The number of benzene rings is 2. The number of hydrogen-bond acceptors (Lipinski definition) is 3. The van der Waals surface area contributed by atoms with Crippen molar-refractivity contribution in [3.63, 3.8) is 0 Å². The molecule has 0 saturated carbocycles. The van der Waals surface area contributed by atoms with E-state index in [9.17, 15) is 10.2 Å². The molecular weight excluding hydrogens is 262 g/mol. The highest BCUT2D eigenvalue weighted by Crippen LogP contribution is 2.36. The Morgan fingerprint density at radius 1 is 1.11 bits per heavy atom. The van der Waals surface area contributed by atoms with Crippen LogP contribution in [0.1, 0.15) is 23.6 Å². The zero-order valence-electron chi connectivity index (χ0n) is 10.2. The Morgan fingerprint density at radius 2 is 1.95 bits per heavy atom. The summed E-state index contributed by atoms with van der Waals surface area (Å²) in [5.41, 5.74) is 3.28.